The third kappa shape index (κ3) is 7.08. The number of allylic oxidation sites excluding steroid dienone is 1. The molecule has 4 N–H and O–H groups in total. The van der Waals surface area contributed by atoms with Gasteiger partial charge in [-0.2, -0.15) is 0 Å². The summed E-state index contributed by atoms with van der Waals surface area (Å²) in [7, 11) is 1.64. The zero-order valence-corrected chi connectivity index (χ0v) is 21.9. The van der Waals surface area contributed by atoms with Crippen molar-refractivity contribution in [2.45, 2.75) is 39.5 Å². The Labute approximate surface area is 213 Å². The average molecular weight is 495 g/mol. The van der Waals surface area contributed by atoms with E-state index in [4.69, 9.17) is 15.2 Å². The summed E-state index contributed by atoms with van der Waals surface area (Å²) in [4.78, 5) is 26.5. The van der Waals surface area contributed by atoms with Gasteiger partial charge in [0.2, 0.25) is 0 Å². The second kappa shape index (κ2) is 12.1. The fraction of sp³-hybridized carbons (Fsp3) is 0.429. The molecule has 0 aliphatic carbocycles. The van der Waals surface area contributed by atoms with E-state index in [1.165, 1.54) is 6.20 Å². The lowest BCUT2D eigenvalue weighted by atomic mass is 9.85. The summed E-state index contributed by atoms with van der Waals surface area (Å²) in [5, 5.41) is 6.06. The van der Waals surface area contributed by atoms with Crippen molar-refractivity contribution in [2.75, 3.05) is 50.6 Å². The van der Waals surface area contributed by atoms with Gasteiger partial charge in [-0.1, -0.05) is 32.9 Å². The molecule has 0 unspecified atom stereocenters. The summed E-state index contributed by atoms with van der Waals surface area (Å²) in [5.41, 5.74) is 10.4. The van der Waals surface area contributed by atoms with E-state index >= 15 is 0 Å². The summed E-state index contributed by atoms with van der Waals surface area (Å²) in [6.45, 7) is 12.6. The largest absolute Gasteiger partial charge is 0.494 e. The topological polar surface area (TPSA) is 106 Å². The lowest BCUT2D eigenvalue weighted by molar-refractivity contribution is -0.105. The number of aryl methyl sites for hydroxylation is 1. The minimum Gasteiger partial charge on any atom is -0.494 e. The first-order valence-electron chi connectivity index (χ1n) is 12.2. The van der Waals surface area contributed by atoms with Crippen LogP contribution in [0.5, 0.6) is 5.75 Å². The van der Waals surface area contributed by atoms with Crippen LogP contribution in [-0.2, 0) is 21.4 Å². The molecule has 0 radical (unpaired) electrons. The molecule has 0 atom stereocenters. The van der Waals surface area contributed by atoms with Gasteiger partial charge in [-0.05, 0) is 53.6 Å². The Morgan fingerprint density at radius 3 is 2.53 bits per heavy atom. The Kier molecular flexibility index (Phi) is 9.12. The fourth-order valence-electron chi connectivity index (χ4n) is 4.05. The standard InChI is InChI=1S/C28H38N4O4/c1-19-6-7-21(15-24(19)30-17-23(29)18-33)27(34)31-25-16-22(28(2,3)4)14-20(26(25)35-5)8-9-32-10-12-36-13-11-32/h6-7,14-18,30H,8-13,29H2,1-5H3,(H,31,34)/b23-17-. The number of methoxy groups -OCH3 is 1. The normalized spacial score (nSPS) is 14.9. The number of nitrogens with one attached hydrogen (secondary N) is 2. The number of ether oxygens (including phenoxy) is 2. The van der Waals surface area contributed by atoms with Gasteiger partial charge in [0.05, 0.1) is 31.7 Å². The molecule has 2 aromatic rings. The van der Waals surface area contributed by atoms with E-state index in [9.17, 15) is 9.59 Å². The van der Waals surface area contributed by atoms with E-state index < -0.39 is 0 Å². The molecule has 1 saturated heterocycles. The smallest absolute Gasteiger partial charge is 0.255 e. The summed E-state index contributed by atoms with van der Waals surface area (Å²) >= 11 is 0. The number of rotatable bonds is 9. The van der Waals surface area contributed by atoms with Gasteiger partial charge in [-0.15, -0.1) is 0 Å². The van der Waals surface area contributed by atoms with Crippen LogP contribution < -0.4 is 21.1 Å². The molecular formula is C28H38N4O4. The van der Waals surface area contributed by atoms with Gasteiger partial charge >= 0.3 is 0 Å². The van der Waals surface area contributed by atoms with Crippen LogP contribution in [0.15, 0.2) is 42.2 Å². The van der Waals surface area contributed by atoms with Crippen molar-refractivity contribution in [3.8, 4) is 5.75 Å². The molecule has 0 saturated carbocycles. The zero-order chi connectivity index (χ0) is 26.3. The van der Waals surface area contributed by atoms with Crippen molar-refractivity contribution in [2.24, 2.45) is 5.73 Å². The Morgan fingerprint density at radius 1 is 1.17 bits per heavy atom. The number of amides is 1. The summed E-state index contributed by atoms with van der Waals surface area (Å²) < 4.78 is 11.3. The van der Waals surface area contributed by atoms with Crippen molar-refractivity contribution >= 4 is 23.6 Å². The quantitative estimate of drug-likeness (QED) is 0.359. The van der Waals surface area contributed by atoms with Gasteiger partial charge in [-0.25, -0.2) is 0 Å². The monoisotopic (exact) mass is 494 g/mol. The minimum atomic E-state index is -0.256. The molecule has 1 amide bonds. The van der Waals surface area contributed by atoms with Crippen molar-refractivity contribution in [1.29, 1.82) is 0 Å². The number of carbonyl (C=O) groups excluding carboxylic acids is 2. The fourth-order valence-corrected chi connectivity index (χ4v) is 4.05. The summed E-state index contributed by atoms with van der Waals surface area (Å²) in [5.74, 6) is 0.422. The lowest BCUT2D eigenvalue weighted by Crippen LogP contribution is -2.37. The van der Waals surface area contributed by atoms with Gasteiger partial charge in [0.25, 0.3) is 5.91 Å². The van der Waals surface area contributed by atoms with Gasteiger partial charge in [0.15, 0.2) is 6.29 Å². The van der Waals surface area contributed by atoms with Crippen LogP contribution in [0.25, 0.3) is 0 Å². The Morgan fingerprint density at radius 2 is 1.89 bits per heavy atom. The first-order valence-corrected chi connectivity index (χ1v) is 12.2. The van der Waals surface area contributed by atoms with Crippen LogP contribution in [0, 0.1) is 6.92 Å². The van der Waals surface area contributed by atoms with E-state index in [2.05, 4.69) is 42.4 Å². The van der Waals surface area contributed by atoms with Crippen molar-refractivity contribution in [3.05, 3.63) is 64.5 Å². The van der Waals surface area contributed by atoms with Crippen LogP contribution >= 0.6 is 0 Å². The molecule has 8 heteroatoms. The van der Waals surface area contributed by atoms with Gasteiger partial charge in [-0.3, -0.25) is 14.5 Å². The van der Waals surface area contributed by atoms with Crippen molar-refractivity contribution in [3.63, 3.8) is 0 Å². The molecule has 8 nitrogen and oxygen atoms in total. The Hall–Kier alpha value is -3.36. The Balaban J connectivity index is 1.90. The first kappa shape index (κ1) is 27.2. The second-order valence-electron chi connectivity index (χ2n) is 10.1. The number of nitrogens with zero attached hydrogens (tertiary/aromatic N) is 1. The number of nitrogens with two attached hydrogens (primary N) is 1. The maximum absolute atomic E-state index is 13.3. The van der Waals surface area contributed by atoms with Crippen LogP contribution in [0.2, 0.25) is 0 Å². The predicted molar refractivity (Wildman–Crippen MR) is 144 cm³/mol. The van der Waals surface area contributed by atoms with Crippen molar-refractivity contribution < 1.29 is 19.1 Å². The molecular weight excluding hydrogens is 456 g/mol. The highest BCUT2D eigenvalue weighted by molar-refractivity contribution is 6.06. The molecule has 0 aromatic heterocycles. The van der Waals surface area contributed by atoms with E-state index in [-0.39, 0.29) is 17.0 Å². The number of benzene rings is 2. The molecule has 1 fully saturated rings. The molecule has 0 bridgehead atoms. The molecule has 3 rings (SSSR count). The van der Waals surface area contributed by atoms with E-state index in [1.807, 2.05) is 19.1 Å². The van der Waals surface area contributed by atoms with E-state index in [0.717, 1.165) is 56.0 Å². The minimum absolute atomic E-state index is 0.0672. The third-order valence-electron chi connectivity index (χ3n) is 6.32. The van der Waals surface area contributed by atoms with E-state index in [0.29, 0.717) is 29.0 Å². The highest BCUT2D eigenvalue weighted by atomic mass is 16.5. The molecule has 1 aliphatic rings. The number of hydrogen-bond acceptors (Lipinski definition) is 7. The number of hydrogen-bond donors (Lipinski definition) is 3. The summed E-state index contributed by atoms with van der Waals surface area (Å²) in [6.07, 6.45) is 2.77. The Bertz CT molecular complexity index is 1120. The van der Waals surface area contributed by atoms with Crippen LogP contribution in [0.3, 0.4) is 0 Å². The van der Waals surface area contributed by atoms with Crippen LogP contribution in [0.4, 0.5) is 11.4 Å². The van der Waals surface area contributed by atoms with Crippen LogP contribution in [-0.4, -0.2) is 57.1 Å². The highest BCUT2D eigenvalue weighted by Crippen LogP contribution is 2.36. The van der Waals surface area contributed by atoms with Gasteiger partial charge in [0.1, 0.15) is 5.75 Å². The van der Waals surface area contributed by atoms with Crippen LogP contribution in [0.1, 0.15) is 47.8 Å². The van der Waals surface area contributed by atoms with Gasteiger partial charge in [0, 0.05) is 37.1 Å². The lowest BCUT2D eigenvalue weighted by Gasteiger charge is -2.28. The highest BCUT2D eigenvalue weighted by Gasteiger charge is 2.22. The van der Waals surface area contributed by atoms with Gasteiger partial charge < -0.3 is 25.8 Å². The molecule has 1 aliphatic heterocycles. The third-order valence-corrected chi connectivity index (χ3v) is 6.32. The molecule has 0 spiro atoms. The number of aldehydes is 1. The molecule has 36 heavy (non-hydrogen) atoms. The molecule has 1 heterocycles. The summed E-state index contributed by atoms with van der Waals surface area (Å²) in [6, 6.07) is 9.53. The number of morpholine rings is 1. The maximum atomic E-state index is 13.3. The maximum Gasteiger partial charge on any atom is 0.255 e. The van der Waals surface area contributed by atoms with E-state index in [1.54, 1.807) is 19.2 Å². The van der Waals surface area contributed by atoms with Crippen molar-refractivity contribution in [1.82, 2.24) is 4.90 Å². The SMILES string of the molecule is COc1c(CCN2CCOCC2)cc(C(C)(C)C)cc1NC(=O)c1ccc(C)c(N/C=C(\N)C=O)c1. The predicted octanol–water partition coefficient (Wildman–Crippen LogP) is 3.84. The zero-order valence-electron chi connectivity index (χ0n) is 21.9. The average Bonchev–Trinajstić information content (AvgIpc) is 2.86. The number of carbonyl (C=O) groups is 2. The molecule has 2 aromatic carbocycles. The molecule has 194 valence electrons. The number of anilines is 2. The second-order valence-corrected chi connectivity index (χ2v) is 10.1. The first-order chi connectivity index (χ1) is 17.1.